The number of carbonyl (C=O) groups excluding carboxylic acids is 1. The van der Waals surface area contributed by atoms with Gasteiger partial charge in [-0.2, -0.15) is 5.26 Å². The zero-order valence-electron chi connectivity index (χ0n) is 16.7. The summed E-state index contributed by atoms with van der Waals surface area (Å²) in [6, 6.07) is 12.5. The van der Waals surface area contributed by atoms with Gasteiger partial charge >= 0.3 is 0 Å². The van der Waals surface area contributed by atoms with Gasteiger partial charge < -0.3 is 9.84 Å². The predicted molar refractivity (Wildman–Crippen MR) is 108 cm³/mol. The van der Waals surface area contributed by atoms with E-state index in [9.17, 15) is 28.7 Å². The van der Waals surface area contributed by atoms with Crippen LogP contribution in [0.5, 0.6) is 11.6 Å². The van der Waals surface area contributed by atoms with Crippen molar-refractivity contribution < 1.29 is 23.4 Å². The van der Waals surface area contributed by atoms with Crippen molar-refractivity contribution in [1.29, 1.82) is 5.26 Å². The molecule has 0 radical (unpaired) electrons. The van der Waals surface area contributed by atoms with E-state index in [-0.39, 0.29) is 29.0 Å². The Morgan fingerprint density at radius 3 is 2.45 bits per heavy atom. The van der Waals surface area contributed by atoms with Gasteiger partial charge in [-0.15, -0.1) is 0 Å². The van der Waals surface area contributed by atoms with Crippen molar-refractivity contribution in [3.8, 4) is 17.7 Å². The first-order valence-corrected chi connectivity index (χ1v) is 9.30. The van der Waals surface area contributed by atoms with Crippen molar-refractivity contribution in [2.45, 2.75) is 26.5 Å². The highest BCUT2D eigenvalue weighted by Crippen LogP contribution is 2.26. The number of pyridine rings is 1. The van der Waals surface area contributed by atoms with Gasteiger partial charge in [0.2, 0.25) is 11.7 Å². The minimum Gasteiger partial charge on any atom is -0.494 e. The summed E-state index contributed by atoms with van der Waals surface area (Å²) in [6.45, 7) is 2.54. The Labute approximate surface area is 176 Å². The van der Waals surface area contributed by atoms with Crippen LogP contribution in [0.1, 0.15) is 34.0 Å². The Hall–Kier alpha value is -3.99. The van der Waals surface area contributed by atoms with Crippen LogP contribution in [0.15, 0.2) is 53.3 Å². The van der Waals surface area contributed by atoms with E-state index < -0.39 is 35.0 Å². The molecule has 0 spiro atoms. The molecule has 2 aromatic carbocycles. The van der Waals surface area contributed by atoms with Crippen LogP contribution in [0.4, 0.5) is 8.78 Å². The van der Waals surface area contributed by atoms with Crippen molar-refractivity contribution in [2.75, 3.05) is 0 Å². The molecule has 0 aliphatic carbocycles. The normalized spacial score (nSPS) is 11.6. The average molecular weight is 424 g/mol. The molecule has 3 rings (SSSR count). The van der Waals surface area contributed by atoms with Crippen LogP contribution in [0, 0.1) is 29.9 Å². The summed E-state index contributed by atoms with van der Waals surface area (Å²) in [6.07, 6.45) is -1.22. The molecule has 1 heterocycles. The second-order valence-corrected chi connectivity index (χ2v) is 6.88. The molecule has 0 fully saturated rings. The SMILES string of the molecule is Cc1c(C(=O)C(C)Oc2ccccc2F)c(O)n(Cc2ccc(F)cc2)c(=O)c1C#N. The first-order chi connectivity index (χ1) is 14.7. The van der Waals surface area contributed by atoms with E-state index in [2.05, 4.69) is 0 Å². The molecule has 0 aliphatic rings. The molecule has 1 unspecified atom stereocenters. The lowest BCUT2D eigenvalue weighted by Gasteiger charge is -2.19. The van der Waals surface area contributed by atoms with Crippen molar-refractivity contribution in [3.63, 3.8) is 0 Å². The van der Waals surface area contributed by atoms with E-state index in [1.54, 1.807) is 6.07 Å². The van der Waals surface area contributed by atoms with Crippen molar-refractivity contribution in [3.05, 3.63) is 92.8 Å². The molecule has 0 amide bonds. The number of aromatic hydroxyl groups is 1. The molecule has 1 atom stereocenters. The van der Waals surface area contributed by atoms with Crippen molar-refractivity contribution in [2.24, 2.45) is 0 Å². The molecule has 0 aliphatic heterocycles. The number of ketones is 1. The van der Waals surface area contributed by atoms with Crippen LogP contribution in [-0.2, 0) is 6.54 Å². The van der Waals surface area contributed by atoms with Gasteiger partial charge in [0.1, 0.15) is 17.4 Å². The fourth-order valence-corrected chi connectivity index (χ4v) is 3.15. The second-order valence-electron chi connectivity index (χ2n) is 6.88. The van der Waals surface area contributed by atoms with E-state index in [1.807, 2.05) is 0 Å². The molecular formula is C23H18F2N2O4. The molecule has 1 N–H and O–H groups in total. The minimum absolute atomic E-state index is 0.00524. The smallest absolute Gasteiger partial charge is 0.271 e. The topological polar surface area (TPSA) is 92.3 Å². The number of Topliss-reactive ketones (excluding diaryl/α,β-unsaturated/α-hetero) is 1. The molecule has 8 heteroatoms. The van der Waals surface area contributed by atoms with E-state index in [1.165, 1.54) is 62.4 Å². The first-order valence-electron chi connectivity index (χ1n) is 9.30. The van der Waals surface area contributed by atoms with Crippen LogP contribution in [-0.4, -0.2) is 21.6 Å². The molecular weight excluding hydrogens is 406 g/mol. The lowest BCUT2D eigenvalue weighted by molar-refractivity contribution is 0.0807. The number of ether oxygens (including phenoxy) is 1. The number of rotatable bonds is 6. The summed E-state index contributed by atoms with van der Waals surface area (Å²) in [5, 5.41) is 20.2. The second kappa shape index (κ2) is 8.79. The molecule has 158 valence electrons. The molecule has 31 heavy (non-hydrogen) atoms. The van der Waals surface area contributed by atoms with E-state index >= 15 is 0 Å². The third kappa shape index (κ3) is 4.31. The zero-order valence-corrected chi connectivity index (χ0v) is 16.7. The Morgan fingerprint density at radius 1 is 1.19 bits per heavy atom. The Balaban J connectivity index is 2.06. The van der Waals surface area contributed by atoms with Crippen LogP contribution in [0.2, 0.25) is 0 Å². The highest BCUT2D eigenvalue weighted by molar-refractivity contribution is 6.03. The number of nitrogens with zero attached hydrogens (tertiary/aromatic N) is 2. The molecule has 0 saturated carbocycles. The van der Waals surface area contributed by atoms with Gasteiger partial charge in [0.05, 0.1) is 12.1 Å². The Morgan fingerprint density at radius 2 is 1.84 bits per heavy atom. The maximum atomic E-state index is 13.9. The largest absolute Gasteiger partial charge is 0.494 e. The zero-order chi connectivity index (χ0) is 22.7. The average Bonchev–Trinajstić information content (AvgIpc) is 2.74. The van der Waals surface area contributed by atoms with Crippen LogP contribution >= 0.6 is 0 Å². The molecule has 0 saturated heterocycles. The number of benzene rings is 2. The van der Waals surface area contributed by atoms with Crippen LogP contribution in [0.3, 0.4) is 0 Å². The minimum atomic E-state index is -1.22. The summed E-state index contributed by atoms with van der Waals surface area (Å²) >= 11 is 0. The standard InChI is InChI=1S/C23H18F2N2O4/c1-13-17(11-26)22(29)27(12-15-7-9-16(24)10-8-15)23(30)20(13)21(28)14(2)31-19-6-4-3-5-18(19)25/h3-10,14,30H,12H2,1-2H3. The predicted octanol–water partition coefficient (Wildman–Crippen LogP) is 3.71. The first kappa shape index (κ1) is 21.7. The van der Waals surface area contributed by atoms with Crippen molar-refractivity contribution >= 4 is 5.78 Å². The van der Waals surface area contributed by atoms with Gasteiger partial charge in [-0.05, 0) is 49.2 Å². The van der Waals surface area contributed by atoms with E-state index in [0.29, 0.717) is 5.56 Å². The summed E-state index contributed by atoms with van der Waals surface area (Å²) in [7, 11) is 0. The number of nitriles is 1. The van der Waals surface area contributed by atoms with Crippen LogP contribution < -0.4 is 10.3 Å². The number of hydrogen-bond acceptors (Lipinski definition) is 5. The van der Waals surface area contributed by atoms with Crippen LogP contribution in [0.25, 0.3) is 0 Å². The lowest BCUT2D eigenvalue weighted by atomic mass is 9.99. The number of aromatic nitrogens is 1. The third-order valence-corrected chi connectivity index (χ3v) is 4.81. The number of para-hydroxylation sites is 1. The van der Waals surface area contributed by atoms with E-state index in [0.717, 1.165) is 4.57 Å². The highest BCUT2D eigenvalue weighted by atomic mass is 19.1. The Bertz CT molecular complexity index is 1240. The monoisotopic (exact) mass is 424 g/mol. The summed E-state index contributed by atoms with van der Waals surface area (Å²) < 4.78 is 33.3. The molecule has 1 aromatic heterocycles. The van der Waals surface area contributed by atoms with Crippen molar-refractivity contribution in [1.82, 2.24) is 4.57 Å². The lowest BCUT2D eigenvalue weighted by Crippen LogP contribution is -2.31. The van der Waals surface area contributed by atoms with Gasteiger partial charge in [-0.3, -0.25) is 14.2 Å². The maximum Gasteiger partial charge on any atom is 0.271 e. The number of hydrogen-bond donors (Lipinski definition) is 1. The van der Waals surface area contributed by atoms with E-state index in [4.69, 9.17) is 4.74 Å². The fraction of sp³-hybridized carbons (Fsp3) is 0.174. The van der Waals surface area contributed by atoms with Gasteiger partial charge in [0.15, 0.2) is 17.7 Å². The molecule has 6 nitrogen and oxygen atoms in total. The number of carbonyl (C=O) groups is 1. The fourth-order valence-electron chi connectivity index (χ4n) is 3.15. The summed E-state index contributed by atoms with van der Waals surface area (Å²) in [5.74, 6) is -2.68. The van der Waals surface area contributed by atoms with Gasteiger partial charge in [-0.1, -0.05) is 24.3 Å². The number of halogens is 2. The Kier molecular flexibility index (Phi) is 6.16. The van der Waals surface area contributed by atoms with Gasteiger partial charge in [-0.25, -0.2) is 8.78 Å². The van der Waals surface area contributed by atoms with Gasteiger partial charge in [0.25, 0.3) is 5.56 Å². The highest BCUT2D eigenvalue weighted by Gasteiger charge is 2.28. The molecule has 0 bridgehead atoms. The quantitative estimate of drug-likeness (QED) is 0.609. The summed E-state index contributed by atoms with van der Waals surface area (Å²) in [4.78, 5) is 25.8. The molecule has 3 aromatic rings. The summed E-state index contributed by atoms with van der Waals surface area (Å²) in [5.41, 5.74) is -0.917. The van der Waals surface area contributed by atoms with Gasteiger partial charge in [0, 0.05) is 0 Å². The maximum absolute atomic E-state index is 13.9. The third-order valence-electron chi connectivity index (χ3n) is 4.81.